The van der Waals surface area contributed by atoms with Crippen LogP contribution in [-0.4, -0.2) is 34.6 Å². The molecule has 0 rings (SSSR count). The van der Waals surface area contributed by atoms with Gasteiger partial charge in [-0.3, -0.25) is 0 Å². The molecule has 1 N–H and O–H groups in total. The molecule has 15 heavy (non-hydrogen) atoms. The van der Waals surface area contributed by atoms with Crippen LogP contribution < -0.4 is 0 Å². The van der Waals surface area contributed by atoms with E-state index in [9.17, 15) is 20.2 Å². The maximum Gasteiger partial charge on any atom is 0.294 e. The monoisotopic (exact) mass is 224 g/mol. The van der Waals surface area contributed by atoms with Gasteiger partial charge in [0, 0.05) is 5.41 Å². The highest BCUT2D eigenvalue weighted by Gasteiger charge is 2.33. The molecule has 88 valence electrons. The Balaban J connectivity index is 4.36. The first-order valence-electron chi connectivity index (χ1n) is 3.99. The molecule has 0 aliphatic heterocycles. The van der Waals surface area contributed by atoms with Gasteiger partial charge >= 0.3 is 0 Å². The van der Waals surface area contributed by atoms with Gasteiger partial charge in [-0.25, -0.2) is 0 Å². The zero-order chi connectivity index (χ0) is 12.1. The van der Waals surface area contributed by atoms with Gasteiger partial charge < -0.3 is 14.8 Å². The lowest BCUT2D eigenvalue weighted by Crippen LogP contribution is -2.40. The minimum atomic E-state index is -1.17. The number of aliphatic hydroxyl groups is 1. The van der Waals surface area contributed by atoms with E-state index < -0.39 is 34.9 Å². The van der Waals surface area contributed by atoms with Crippen LogP contribution in [0.15, 0.2) is 0 Å². The summed E-state index contributed by atoms with van der Waals surface area (Å²) in [5.41, 5.74) is -1.05. The van der Waals surface area contributed by atoms with Gasteiger partial charge in [0.1, 0.15) is 12.7 Å². The fourth-order valence-electron chi connectivity index (χ4n) is 0.839. The molecule has 1 unspecified atom stereocenters. The van der Waals surface area contributed by atoms with Gasteiger partial charge in [0.05, 0.1) is 6.61 Å². The maximum atomic E-state index is 10.1. The Hall–Kier alpha value is -1.64. The SMILES string of the molecule is CC(C)(CO[N+](=O)[O-])C(CO)O[N+](=O)[O-]. The summed E-state index contributed by atoms with van der Waals surface area (Å²) < 4.78 is 0. The van der Waals surface area contributed by atoms with E-state index in [4.69, 9.17) is 5.11 Å². The molecule has 0 amide bonds. The normalized spacial score (nSPS) is 13.0. The summed E-state index contributed by atoms with van der Waals surface area (Å²) in [5, 5.41) is 26.7. The first-order valence-corrected chi connectivity index (χ1v) is 3.99. The number of hydrogen-bond acceptors (Lipinski definition) is 7. The molecule has 0 saturated heterocycles. The van der Waals surface area contributed by atoms with Gasteiger partial charge in [-0.1, -0.05) is 13.8 Å². The van der Waals surface area contributed by atoms with Crippen molar-refractivity contribution in [2.24, 2.45) is 5.41 Å². The Kier molecular flexibility index (Phi) is 4.71. The fourth-order valence-corrected chi connectivity index (χ4v) is 0.839. The second-order valence-electron chi connectivity index (χ2n) is 3.49. The molecule has 0 aromatic carbocycles. The van der Waals surface area contributed by atoms with Crippen LogP contribution in [0.1, 0.15) is 13.8 Å². The quantitative estimate of drug-likeness (QED) is 0.468. The zero-order valence-corrected chi connectivity index (χ0v) is 8.28. The third kappa shape index (κ3) is 4.96. The van der Waals surface area contributed by atoms with E-state index in [1.54, 1.807) is 0 Å². The van der Waals surface area contributed by atoms with Crippen LogP contribution in [0.4, 0.5) is 0 Å². The van der Waals surface area contributed by atoms with Crippen molar-refractivity contribution in [1.29, 1.82) is 0 Å². The maximum absolute atomic E-state index is 10.1. The van der Waals surface area contributed by atoms with Crippen LogP contribution in [0.3, 0.4) is 0 Å². The summed E-state index contributed by atoms with van der Waals surface area (Å²) in [5.74, 6) is 0. The van der Waals surface area contributed by atoms with Crippen molar-refractivity contribution in [3.05, 3.63) is 20.2 Å². The molecule has 0 fully saturated rings. The lowest BCUT2D eigenvalue weighted by atomic mass is 9.88. The number of aliphatic hydroxyl groups excluding tert-OH is 1. The molecule has 0 saturated carbocycles. The fraction of sp³-hybridized carbons (Fsp3) is 1.00. The van der Waals surface area contributed by atoms with Crippen LogP contribution in [0.2, 0.25) is 0 Å². The van der Waals surface area contributed by atoms with Gasteiger partial charge in [0.25, 0.3) is 10.2 Å². The summed E-state index contributed by atoms with van der Waals surface area (Å²) in [6.45, 7) is 1.86. The average Bonchev–Trinajstić information content (AvgIpc) is 2.10. The van der Waals surface area contributed by atoms with Crippen LogP contribution >= 0.6 is 0 Å². The van der Waals surface area contributed by atoms with Crippen LogP contribution in [0.5, 0.6) is 0 Å². The van der Waals surface area contributed by atoms with E-state index in [0.717, 1.165) is 0 Å². The molecule has 0 heterocycles. The molecular formula is C6H12N2O7. The van der Waals surface area contributed by atoms with E-state index in [2.05, 4.69) is 9.68 Å². The first kappa shape index (κ1) is 13.4. The molecule has 0 aliphatic carbocycles. The summed E-state index contributed by atoms with van der Waals surface area (Å²) >= 11 is 0. The van der Waals surface area contributed by atoms with Gasteiger partial charge in [-0.15, -0.1) is 20.2 Å². The standard InChI is InChI=1S/C6H12N2O7/c1-6(2,4-14-7(10)11)5(3-9)15-8(12)13/h5,9H,3-4H2,1-2H3. The molecule has 0 bridgehead atoms. The summed E-state index contributed by atoms with van der Waals surface area (Å²) in [4.78, 5) is 28.2. The number of hydrogen-bond donors (Lipinski definition) is 1. The molecule has 0 aliphatic rings. The van der Waals surface area contributed by atoms with Gasteiger partial charge in [-0.05, 0) is 0 Å². The lowest BCUT2D eigenvalue weighted by Gasteiger charge is -2.29. The van der Waals surface area contributed by atoms with Crippen LogP contribution in [-0.2, 0) is 9.68 Å². The van der Waals surface area contributed by atoms with Crippen molar-refractivity contribution < 1.29 is 25.0 Å². The van der Waals surface area contributed by atoms with E-state index in [-0.39, 0.29) is 0 Å². The third-order valence-corrected chi connectivity index (χ3v) is 1.79. The van der Waals surface area contributed by atoms with Crippen molar-refractivity contribution in [1.82, 2.24) is 0 Å². The molecule has 9 heteroatoms. The van der Waals surface area contributed by atoms with Crippen molar-refractivity contribution in [2.75, 3.05) is 13.2 Å². The molecule has 0 aromatic heterocycles. The number of nitrogens with zero attached hydrogens (tertiary/aromatic N) is 2. The highest BCUT2D eigenvalue weighted by atomic mass is 17.0. The van der Waals surface area contributed by atoms with Crippen molar-refractivity contribution >= 4 is 0 Å². The minimum absolute atomic E-state index is 0.404. The topological polar surface area (TPSA) is 125 Å². The second-order valence-corrected chi connectivity index (χ2v) is 3.49. The Morgan fingerprint density at radius 3 is 2.20 bits per heavy atom. The highest BCUT2D eigenvalue weighted by molar-refractivity contribution is 4.77. The van der Waals surface area contributed by atoms with Crippen molar-refractivity contribution in [3.8, 4) is 0 Å². The predicted octanol–water partition coefficient (Wildman–Crippen LogP) is -0.210. The molecule has 0 radical (unpaired) electrons. The minimum Gasteiger partial charge on any atom is -0.394 e. The predicted molar refractivity (Wildman–Crippen MR) is 45.7 cm³/mol. The lowest BCUT2D eigenvalue weighted by molar-refractivity contribution is -0.780. The van der Waals surface area contributed by atoms with E-state index in [1.165, 1.54) is 13.8 Å². The first-order chi connectivity index (χ1) is 6.79. The largest absolute Gasteiger partial charge is 0.394 e. The Morgan fingerprint density at radius 1 is 1.33 bits per heavy atom. The van der Waals surface area contributed by atoms with Gasteiger partial charge in [0.15, 0.2) is 0 Å². The Bertz CT molecular complexity index is 242. The summed E-state index contributed by atoms with van der Waals surface area (Å²) in [7, 11) is 0. The number of rotatable bonds is 7. The molecule has 0 aromatic rings. The molecular weight excluding hydrogens is 212 g/mol. The average molecular weight is 224 g/mol. The van der Waals surface area contributed by atoms with Crippen LogP contribution in [0, 0.1) is 25.6 Å². The molecule has 9 nitrogen and oxygen atoms in total. The third-order valence-electron chi connectivity index (χ3n) is 1.79. The molecule has 0 spiro atoms. The summed E-state index contributed by atoms with van der Waals surface area (Å²) in [6, 6.07) is 0. The van der Waals surface area contributed by atoms with Gasteiger partial charge in [0.2, 0.25) is 0 Å². The Labute approximate surface area is 84.8 Å². The zero-order valence-electron chi connectivity index (χ0n) is 8.28. The van der Waals surface area contributed by atoms with E-state index in [1.807, 2.05) is 0 Å². The van der Waals surface area contributed by atoms with Crippen molar-refractivity contribution in [2.45, 2.75) is 20.0 Å². The van der Waals surface area contributed by atoms with Crippen molar-refractivity contribution in [3.63, 3.8) is 0 Å². The van der Waals surface area contributed by atoms with Crippen LogP contribution in [0.25, 0.3) is 0 Å². The smallest absolute Gasteiger partial charge is 0.294 e. The van der Waals surface area contributed by atoms with E-state index >= 15 is 0 Å². The highest BCUT2D eigenvalue weighted by Crippen LogP contribution is 2.23. The summed E-state index contributed by atoms with van der Waals surface area (Å²) in [6.07, 6.45) is -1.17. The van der Waals surface area contributed by atoms with Gasteiger partial charge in [-0.2, -0.15) is 0 Å². The van der Waals surface area contributed by atoms with E-state index in [0.29, 0.717) is 0 Å². The Morgan fingerprint density at radius 2 is 1.87 bits per heavy atom. The second kappa shape index (κ2) is 5.29. The molecule has 1 atom stereocenters.